The summed E-state index contributed by atoms with van der Waals surface area (Å²) in [7, 11) is 0. The zero-order chi connectivity index (χ0) is 9.30. The molecule has 0 amide bonds. The number of hydrogen-bond acceptors (Lipinski definition) is 1. The molecular formula is C7H2Cl3IO. The van der Waals surface area contributed by atoms with Crippen molar-refractivity contribution in [3.63, 3.8) is 0 Å². The molecule has 0 saturated carbocycles. The van der Waals surface area contributed by atoms with Gasteiger partial charge in [0.15, 0.2) is 0 Å². The lowest BCUT2D eigenvalue weighted by atomic mass is 10.2. The van der Waals surface area contributed by atoms with Gasteiger partial charge in [-0.1, -0.05) is 23.2 Å². The summed E-state index contributed by atoms with van der Waals surface area (Å²) >= 11 is 18.7. The van der Waals surface area contributed by atoms with Crippen LogP contribution in [0.4, 0.5) is 0 Å². The van der Waals surface area contributed by atoms with Crippen molar-refractivity contribution >= 4 is 62.6 Å². The fourth-order valence-electron chi connectivity index (χ4n) is 0.699. The van der Waals surface area contributed by atoms with Crippen LogP contribution in [0.1, 0.15) is 10.4 Å². The van der Waals surface area contributed by atoms with E-state index in [0.717, 1.165) is 0 Å². The van der Waals surface area contributed by atoms with Crippen LogP contribution in [0.2, 0.25) is 10.0 Å². The topological polar surface area (TPSA) is 17.1 Å². The SMILES string of the molecule is O=C(Cl)c1cc(Cl)cc(Cl)c1I. The minimum Gasteiger partial charge on any atom is -0.276 e. The van der Waals surface area contributed by atoms with Crippen molar-refractivity contribution in [1.82, 2.24) is 0 Å². The highest BCUT2D eigenvalue weighted by Gasteiger charge is 2.11. The van der Waals surface area contributed by atoms with Crippen LogP contribution >= 0.6 is 57.4 Å². The second kappa shape index (κ2) is 4.13. The predicted octanol–water partition coefficient (Wildman–Crippen LogP) is 3.98. The zero-order valence-corrected chi connectivity index (χ0v) is 10.0. The van der Waals surface area contributed by atoms with E-state index in [0.29, 0.717) is 19.2 Å². The van der Waals surface area contributed by atoms with Crippen LogP contribution in [0.25, 0.3) is 0 Å². The fourth-order valence-corrected chi connectivity index (χ4v) is 2.06. The van der Waals surface area contributed by atoms with E-state index in [4.69, 9.17) is 34.8 Å². The Balaban J connectivity index is 3.37. The summed E-state index contributed by atoms with van der Waals surface area (Å²) in [6, 6.07) is 3.05. The highest BCUT2D eigenvalue weighted by atomic mass is 127. The minimum absolute atomic E-state index is 0.342. The molecule has 1 aromatic carbocycles. The molecule has 0 spiro atoms. The maximum Gasteiger partial charge on any atom is 0.253 e. The van der Waals surface area contributed by atoms with Crippen LogP contribution < -0.4 is 0 Å². The molecule has 12 heavy (non-hydrogen) atoms. The molecule has 0 bridgehead atoms. The van der Waals surface area contributed by atoms with Gasteiger partial charge in [-0.3, -0.25) is 4.79 Å². The van der Waals surface area contributed by atoms with Crippen LogP contribution in [0.3, 0.4) is 0 Å². The van der Waals surface area contributed by atoms with Crippen molar-refractivity contribution in [2.24, 2.45) is 0 Å². The van der Waals surface area contributed by atoms with Gasteiger partial charge in [-0.2, -0.15) is 0 Å². The molecule has 64 valence electrons. The highest BCUT2D eigenvalue weighted by Crippen LogP contribution is 2.27. The van der Waals surface area contributed by atoms with Crippen LogP contribution in [0, 0.1) is 3.57 Å². The maximum absolute atomic E-state index is 10.8. The lowest BCUT2D eigenvalue weighted by Gasteiger charge is -2.01. The van der Waals surface area contributed by atoms with Crippen molar-refractivity contribution in [1.29, 1.82) is 0 Å². The molecule has 5 heteroatoms. The number of carbonyl (C=O) groups is 1. The third-order valence-electron chi connectivity index (χ3n) is 1.20. The van der Waals surface area contributed by atoms with E-state index in [1.807, 2.05) is 22.6 Å². The van der Waals surface area contributed by atoms with Gasteiger partial charge in [0.25, 0.3) is 5.24 Å². The number of rotatable bonds is 1. The Morgan fingerprint density at radius 1 is 1.33 bits per heavy atom. The van der Waals surface area contributed by atoms with Crippen LogP contribution in [0.5, 0.6) is 0 Å². The number of halogens is 4. The van der Waals surface area contributed by atoms with Crippen molar-refractivity contribution in [3.8, 4) is 0 Å². The normalized spacial score (nSPS) is 10.0. The summed E-state index contributed by atoms with van der Waals surface area (Å²) in [5, 5.41) is 0.292. The fraction of sp³-hybridized carbons (Fsp3) is 0. The Labute approximate surface area is 98.1 Å². The van der Waals surface area contributed by atoms with E-state index >= 15 is 0 Å². The van der Waals surface area contributed by atoms with Crippen molar-refractivity contribution in [2.45, 2.75) is 0 Å². The molecule has 0 radical (unpaired) electrons. The van der Waals surface area contributed by atoms with Crippen molar-refractivity contribution < 1.29 is 4.79 Å². The smallest absolute Gasteiger partial charge is 0.253 e. The summed E-state index contributed by atoms with van der Waals surface area (Å²) in [6.07, 6.45) is 0. The molecule has 0 aliphatic heterocycles. The number of hydrogen-bond donors (Lipinski definition) is 0. The van der Waals surface area contributed by atoms with E-state index in [1.54, 1.807) is 6.07 Å². The Bertz CT molecular complexity index is 338. The average molecular weight is 335 g/mol. The molecule has 0 unspecified atom stereocenters. The van der Waals surface area contributed by atoms with Gasteiger partial charge in [0, 0.05) is 8.59 Å². The van der Waals surface area contributed by atoms with Gasteiger partial charge < -0.3 is 0 Å². The zero-order valence-electron chi connectivity index (χ0n) is 5.57. The third kappa shape index (κ3) is 2.25. The molecule has 0 N–H and O–H groups in total. The van der Waals surface area contributed by atoms with Gasteiger partial charge in [-0.25, -0.2) is 0 Å². The van der Waals surface area contributed by atoms with Crippen LogP contribution in [-0.2, 0) is 0 Å². The van der Waals surface area contributed by atoms with E-state index < -0.39 is 5.24 Å². The summed E-state index contributed by atoms with van der Waals surface area (Å²) in [6.45, 7) is 0. The van der Waals surface area contributed by atoms with E-state index in [1.165, 1.54) is 6.07 Å². The minimum atomic E-state index is -0.552. The van der Waals surface area contributed by atoms with Crippen LogP contribution in [0.15, 0.2) is 12.1 Å². The van der Waals surface area contributed by atoms with E-state index in [9.17, 15) is 4.79 Å². The van der Waals surface area contributed by atoms with Gasteiger partial charge in [-0.15, -0.1) is 0 Å². The molecule has 0 saturated heterocycles. The Hall–Kier alpha value is 0.490. The molecule has 0 atom stereocenters. The Kier molecular flexibility index (Phi) is 3.64. The Morgan fingerprint density at radius 2 is 1.92 bits per heavy atom. The van der Waals surface area contributed by atoms with Crippen molar-refractivity contribution in [3.05, 3.63) is 31.3 Å². The van der Waals surface area contributed by atoms with Gasteiger partial charge in [0.05, 0.1) is 10.6 Å². The number of benzene rings is 1. The van der Waals surface area contributed by atoms with Gasteiger partial charge >= 0.3 is 0 Å². The standard InChI is InChI=1S/C7H2Cl3IO/c8-3-1-4(7(10)12)6(11)5(9)2-3/h1-2H. The van der Waals surface area contributed by atoms with E-state index in [2.05, 4.69) is 0 Å². The van der Waals surface area contributed by atoms with Gasteiger partial charge in [-0.05, 0) is 46.3 Å². The van der Waals surface area contributed by atoms with Crippen molar-refractivity contribution in [2.75, 3.05) is 0 Å². The molecule has 0 fully saturated rings. The lowest BCUT2D eigenvalue weighted by molar-refractivity contribution is 0.108. The average Bonchev–Trinajstić information content (AvgIpc) is 1.96. The summed E-state index contributed by atoms with van der Waals surface area (Å²) in [4.78, 5) is 10.8. The molecule has 0 aliphatic carbocycles. The first-order valence-corrected chi connectivity index (χ1v) is 5.08. The molecule has 1 aromatic rings. The molecule has 0 heterocycles. The number of carbonyl (C=O) groups excluding carboxylic acids is 1. The highest BCUT2D eigenvalue weighted by molar-refractivity contribution is 14.1. The molecule has 0 aromatic heterocycles. The molecular weight excluding hydrogens is 333 g/mol. The second-order valence-corrected chi connectivity index (χ2v) is 4.29. The molecule has 1 rings (SSSR count). The molecule has 0 aliphatic rings. The predicted molar refractivity (Wildman–Crippen MR) is 59.4 cm³/mol. The first kappa shape index (κ1) is 10.6. The Morgan fingerprint density at radius 3 is 2.42 bits per heavy atom. The first-order chi connectivity index (χ1) is 5.52. The summed E-state index contributed by atoms with van der Waals surface area (Å²) in [5.74, 6) is 0. The summed E-state index contributed by atoms with van der Waals surface area (Å²) in [5.41, 5.74) is 0.342. The monoisotopic (exact) mass is 334 g/mol. The lowest BCUT2D eigenvalue weighted by Crippen LogP contribution is -1.93. The molecule has 1 nitrogen and oxygen atoms in total. The summed E-state index contributed by atoms with van der Waals surface area (Å²) < 4.78 is 0.624. The van der Waals surface area contributed by atoms with E-state index in [-0.39, 0.29) is 0 Å². The maximum atomic E-state index is 10.8. The quantitative estimate of drug-likeness (QED) is 0.431. The first-order valence-electron chi connectivity index (χ1n) is 2.86. The van der Waals surface area contributed by atoms with Gasteiger partial charge in [0.1, 0.15) is 0 Å². The van der Waals surface area contributed by atoms with Gasteiger partial charge in [0.2, 0.25) is 0 Å². The third-order valence-corrected chi connectivity index (χ3v) is 3.41. The largest absolute Gasteiger partial charge is 0.276 e. The second-order valence-electron chi connectivity index (χ2n) is 2.02. The van der Waals surface area contributed by atoms with Crippen LogP contribution in [-0.4, -0.2) is 5.24 Å².